The predicted octanol–water partition coefficient (Wildman–Crippen LogP) is 2.58. The molecule has 10 heteroatoms. The van der Waals surface area contributed by atoms with Crippen LogP contribution in [-0.2, 0) is 14.8 Å². The quantitative estimate of drug-likeness (QED) is 0.372. The lowest BCUT2D eigenvalue weighted by Crippen LogP contribution is -2.45. The molecular formula is C19H32N4O5S. The van der Waals surface area contributed by atoms with Crippen LogP contribution in [0, 0.1) is 10.1 Å². The molecule has 1 saturated heterocycles. The lowest BCUT2D eigenvalue weighted by atomic mass is 10.1. The highest BCUT2D eigenvalue weighted by atomic mass is 32.2. The summed E-state index contributed by atoms with van der Waals surface area (Å²) in [6.45, 7) is 12.4. The Morgan fingerprint density at radius 1 is 1.24 bits per heavy atom. The van der Waals surface area contributed by atoms with Gasteiger partial charge in [0.25, 0.3) is 5.69 Å². The van der Waals surface area contributed by atoms with Crippen molar-refractivity contribution in [2.75, 3.05) is 31.5 Å². The molecule has 0 aromatic heterocycles. The Bertz CT molecular complexity index is 812. The molecular weight excluding hydrogens is 396 g/mol. The van der Waals surface area contributed by atoms with Crippen LogP contribution < -0.4 is 10.0 Å². The van der Waals surface area contributed by atoms with E-state index in [9.17, 15) is 18.5 Å². The van der Waals surface area contributed by atoms with Gasteiger partial charge in [0.2, 0.25) is 10.0 Å². The van der Waals surface area contributed by atoms with Crippen molar-refractivity contribution in [3.63, 3.8) is 0 Å². The highest BCUT2D eigenvalue weighted by molar-refractivity contribution is 7.89. The fourth-order valence-electron chi connectivity index (χ4n) is 3.43. The molecule has 0 saturated carbocycles. The first kappa shape index (κ1) is 23.5. The van der Waals surface area contributed by atoms with E-state index >= 15 is 0 Å². The number of anilines is 1. The maximum atomic E-state index is 12.5. The number of ether oxygens (including phenoxy) is 1. The summed E-state index contributed by atoms with van der Waals surface area (Å²) in [7, 11) is -3.84. The van der Waals surface area contributed by atoms with Gasteiger partial charge in [0, 0.05) is 37.8 Å². The van der Waals surface area contributed by atoms with E-state index in [0.717, 1.165) is 32.1 Å². The Hall–Kier alpha value is -1.75. The summed E-state index contributed by atoms with van der Waals surface area (Å²) in [4.78, 5) is 13.1. The molecule has 2 unspecified atom stereocenters. The first-order valence-electron chi connectivity index (χ1n) is 9.81. The van der Waals surface area contributed by atoms with Gasteiger partial charge in [-0.05, 0) is 53.2 Å². The Kier molecular flexibility index (Phi) is 7.61. The fraction of sp³-hybridized carbons (Fsp3) is 0.684. The zero-order valence-corrected chi connectivity index (χ0v) is 18.6. The molecule has 1 aliphatic heterocycles. The Balaban J connectivity index is 2.01. The summed E-state index contributed by atoms with van der Waals surface area (Å²) >= 11 is 0. The summed E-state index contributed by atoms with van der Waals surface area (Å²) < 4.78 is 33.1. The average Bonchev–Trinajstić information content (AvgIpc) is 2.55. The van der Waals surface area contributed by atoms with E-state index in [1.165, 1.54) is 12.1 Å². The minimum absolute atomic E-state index is 0.124. The number of sulfonamides is 1. The Labute approximate surface area is 173 Å². The normalized spacial score (nSPS) is 21.1. The molecule has 1 aromatic carbocycles. The number of nitrogens with one attached hydrogen (secondary N) is 2. The zero-order valence-electron chi connectivity index (χ0n) is 17.8. The summed E-state index contributed by atoms with van der Waals surface area (Å²) in [5.74, 6) is 0. The van der Waals surface area contributed by atoms with Gasteiger partial charge in [-0.2, -0.15) is 0 Å². The number of rotatable bonds is 8. The van der Waals surface area contributed by atoms with Gasteiger partial charge in [0.15, 0.2) is 0 Å². The molecule has 164 valence electrons. The standard InChI is InChI=1S/C19H32N4O5S/c1-14-12-22(13-15(2)28-14)10-6-9-20-17-8-7-16(11-18(17)23(24)25)29(26,27)21-19(3,4)5/h7-8,11,14-15,20-21H,6,9-10,12-13H2,1-5H3. The van der Waals surface area contributed by atoms with Gasteiger partial charge in [-0.3, -0.25) is 15.0 Å². The number of nitrogens with zero attached hydrogens (tertiary/aromatic N) is 2. The van der Waals surface area contributed by atoms with Crippen molar-refractivity contribution in [1.29, 1.82) is 0 Å². The highest BCUT2D eigenvalue weighted by Crippen LogP contribution is 2.28. The van der Waals surface area contributed by atoms with Crippen LogP contribution in [0.5, 0.6) is 0 Å². The largest absolute Gasteiger partial charge is 0.379 e. The second-order valence-electron chi connectivity index (χ2n) is 8.59. The van der Waals surface area contributed by atoms with Gasteiger partial charge in [-0.15, -0.1) is 0 Å². The van der Waals surface area contributed by atoms with Crippen LogP contribution in [-0.4, -0.2) is 62.2 Å². The van der Waals surface area contributed by atoms with Gasteiger partial charge < -0.3 is 10.1 Å². The van der Waals surface area contributed by atoms with E-state index in [2.05, 4.69) is 14.9 Å². The van der Waals surface area contributed by atoms with E-state index < -0.39 is 20.5 Å². The maximum absolute atomic E-state index is 12.5. The number of morpholine rings is 1. The van der Waals surface area contributed by atoms with E-state index in [1.807, 2.05) is 13.8 Å². The van der Waals surface area contributed by atoms with Gasteiger partial charge in [-0.1, -0.05) is 0 Å². The van der Waals surface area contributed by atoms with Crippen molar-refractivity contribution >= 4 is 21.4 Å². The molecule has 0 amide bonds. The molecule has 29 heavy (non-hydrogen) atoms. The molecule has 1 aliphatic rings. The fourth-order valence-corrected chi connectivity index (χ4v) is 4.87. The molecule has 2 rings (SSSR count). The van der Waals surface area contributed by atoms with Crippen LogP contribution in [0.2, 0.25) is 0 Å². The smallest absolute Gasteiger partial charge is 0.293 e. The number of hydrogen-bond acceptors (Lipinski definition) is 7. The molecule has 2 N–H and O–H groups in total. The lowest BCUT2D eigenvalue weighted by molar-refractivity contribution is -0.384. The predicted molar refractivity (Wildman–Crippen MR) is 113 cm³/mol. The Morgan fingerprint density at radius 3 is 2.41 bits per heavy atom. The van der Waals surface area contributed by atoms with Crippen molar-refractivity contribution in [2.45, 2.75) is 63.7 Å². The molecule has 9 nitrogen and oxygen atoms in total. The van der Waals surface area contributed by atoms with Crippen molar-refractivity contribution in [3.8, 4) is 0 Å². The second-order valence-corrected chi connectivity index (χ2v) is 10.3. The SMILES string of the molecule is CC1CN(CCCNc2ccc(S(=O)(=O)NC(C)(C)C)cc2[N+](=O)[O-])CC(C)O1. The van der Waals surface area contributed by atoms with Crippen LogP contribution in [0.3, 0.4) is 0 Å². The van der Waals surface area contributed by atoms with Crippen molar-refractivity contribution in [1.82, 2.24) is 9.62 Å². The van der Waals surface area contributed by atoms with Gasteiger partial charge >= 0.3 is 0 Å². The first-order chi connectivity index (χ1) is 13.4. The topological polar surface area (TPSA) is 114 Å². The van der Waals surface area contributed by atoms with Crippen molar-refractivity contribution < 1.29 is 18.1 Å². The molecule has 0 radical (unpaired) electrons. The number of hydrogen-bond donors (Lipinski definition) is 2. The molecule has 0 aliphatic carbocycles. The van der Waals surface area contributed by atoms with E-state index in [4.69, 9.17) is 4.74 Å². The van der Waals surface area contributed by atoms with Crippen molar-refractivity contribution in [2.24, 2.45) is 0 Å². The minimum atomic E-state index is -3.84. The highest BCUT2D eigenvalue weighted by Gasteiger charge is 2.26. The summed E-state index contributed by atoms with van der Waals surface area (Å²) in [6, 6.07) is 3.94. The minimum Gasteiger partial charge on any atom is -0.379 e. The van der Waals surface area contributed by atoms with E-state index in [-0.39, 0.29) is 22.8 Å². The second kappa shape index (κ2) is 9.38. The third-order valence-electron chi connectivity index (χ3n) is 4.38. The van der Waals surface area contributed by atoms with E-state index in [0.29, 0.717) is 12.2 Å². The summed E-state index contributed by atoms with van der Waals surface area (Å²) in [5, 5.41) is 14.5. The Morgan fingerprint density at radius 2 is 1.86 bits per heavy atom. The number of nitro groups is 1. The van der Waals surface area contributed by atoms with Crippen LogP contribution in [0.25, 0.3) is 0 Å². The van der Waals surface area contributed by atoms with Crippen LogP contribution in [0.15, 0.2) is 23.1 Å². The zero-order chi connectivity index (χ0) is 21.8. The molecule has 1 fully saturated rings. The van der Waals surface area contributed by atoms with Gasteiger partial charge in [0.05, 0.1) is 22.0 Å². The third-order valence-corrected chi connectivity index (χ3v) is 6.13. The van der Waals surface area contributed by atoms with Gasteiger partial charge in [-0.25, -0.2) is 13.1 Å². The molecule has 1 heterocycles. The average molecular weight is 429 g/mol. The van der Waals surface area contributed by atoms with Gasteiger partial charge in [0.1, 0.15) is 5.69 Å². The molecule has 1 aromatic rings. The third kappa shape index (κ3) is 7.22. The molecule has 0 spiro atoms. The summed E-state index contributed by atoms with van der Waals surface area (Å²) in [5.41, 5.74) is -0.622. The van der Waals surface area contributed by atoms with Crippen LogP contribution in [0.4, 0.5) is 11.4 Å². The maximum Gasteiger partial charge on any atom is 0.293 e. The van der Waals surface area contributed by atoms with E-state index in [1.54, 1.807) is 20.8 Å². The number of nitro benzene ring substituents is 1. The monoisotopic (exact) mass is 428 g/mol. The first-order valence-corrected chi connectivity index (χ1v) is 11.3. The van der Waals surface area contributed by atoms with Crippen LogP contribution >= 0.6 is 0 Å². The lowest BCUT2D eigenvalue weighted by Gasteiger charge is -2.35. The summed E-state index contributed by atoms with van der Waals surface area (Å²) in [6.07, 6.45) is 1.20. The molecule has 0 bridgehead atoms. The molecule has 2 atom stereocenters. The van der Waals surface area contributed by atoms with Crippen molar-refractivity contribution in [3.05, 3.63) is 28.3 Å². The van der Waals surface area contributed by atoms with Crippen LogP contribution in [0.1, 0.15) is 41.0 Å². The number of benzene rings is 1.